The SMILES string of the molecule is C[C@@H](NC(=O)NCc1ccn(-c2ccc(F)cc2)n1)[C@H]1CCOC1. The second-order valence-electron chi connectivity index (χ2n) is 5.97. The van der Waals surface area contributed by atoms with Crippen molar-refractivity contribution in [3.8, 4) is 5.69 Å². The van der Waals surface area contributed by atoms with Gasteiger partial charge in [0.05, 0.1) is 24.5 Å². The van der Waals surface area contributed by atoms with E-state index in [4.69, 9.17) is 4.74 Å². The summed E-state index contributed by atoms with van der Waals surface area (Å²) in [4.78, 5) is 12.0. The van der Waals surface area contributed by atoms with Crippen molar-refractivity contribution in [2.45, 2.75) is 25.9 Å². The molecule has 2 N–H and O–H groups in total. The van der Waals surface area contributed by atoms with E-state index in [1.807, 2.05) is 13.0 Å². The first kappa shape index (κ1) is 16.4. The molecule has 2 aromatic rings. The van der Waals surface area contributed by atoms with Crippen LogP contribution in [0.15, 0.2) is 36.5 Å². The minimum absolute atomic E-state index is 0.0734. The number of benzene rings is 1. The van der Waals surface area contributed by atoms with Crippen LogP contribution in [0.2, 0.25) is 0 Å². The van der Waals surface area contributed by atoms with Gasteiger partial charge in [0.25, 0.3) is 0 Å². The van der Waals surface area contributed by atoms with Crippen molar-refractivity contribution in [3.63, 3.8) is 0 Å². The monoisotopic (exact) mass is 332 g/mol. The third kappa shape index (κ3) is 4.11. The number of carbonyl (C=O) groups excluding carboxylic acids is 1. The Bertz CT molecular complexity index is 680. The highest BCUT2D eigenvalue weighted by Crippen LogP contribution is 2.16. The van der Waals surface area contributed by atoms with Crippen molar-refractivity contribution in [1.29, 1.82) is 0 Å². The molecule has 2 atom stereocenters. The van der Waals surface area contributed by atoms with Crippen molar-refractivity contribution in [2.24, 2.45) is 5.92 Å². The minimum atomic E-state index is -0.286. The smallest absolute Gasteiger partial charge is 0.315 e. The summed E-state index contributed by atoms with van der Waals surface area (Å²) in [6.45, 7) is 3.78. The summed E-state index contributed by atoms with van der Waals surface area (Å²) in [5.41, 5.74) is 1.49. The van der Waals surface area contributed by atoms with Gasteiger partial charge in [0.1, 0.15) is 5.82 Å². The second kappa shape index (κ2) is 7.44. The first-order valence-electron chi connectivity index (χ1n) is 8.04. The van der Waals surface area contributed by atoms with Crippen molar-refractivity contribution in [3.05, 3.63) is 48.0 Å². The van der Waals surface area contributed by atoms with Gasteiger partial charge in [-0.05, 0) is 43.7 Å². The maximum atomic E-state index is 12.9. The molecule has 1 aliphatic heterocycles. The van der Waals surface area contributed by atoms with Crippen LogP contribution in [-0.4, -0.2) is 35.1 Å². The van der Waals surface area contributed by atoms with E-state index in [0.29, 0.717) is 19.1 Å². The predicted octanol–water partition coefficient (Wildman–Crippen LogP) is 2.24. The lowest BCUT2D eigenvalue weighted by atomic mass is 10.0. The summed E-state index contributed by atoms with van der Waals surface area (Å²) in [6.07, 6.45) is 2.75. The molecule has 0 saturated carbocycles. The van der Waals surface area contributed by atoms with E-state index in [2.05, 4.69) is 15.7 Å². The molecule has 24 heavy (non-hydrogen) atoms. The number of nitrogens with zero attached hydrogens (tertiary/aromatic N) is 2. The molecular formula is C17H21FN4O2. The van der Waals surface area contributed by atoms with E-state index in [9.17, 15) is 9.18 Å². The van der Waals surface area contributed by atoms with Gasteiger partial charge in [-0.1, -0.05) is 0 Å². The van der Waals surface area contributed by atoms with E-state index in [-0.39, 0.29) is 17.9 Å². The Morgan fingerprint density at radius 3 is 2.92 bits per heavy atom. The molecule has 0 bridgehead atoms. The number of amides is 2. The summed E-state index contributed by atoms with van der Waals surface area (Å²) in [6, 6.07) is 7.75. The van der Waals surface area contributed by atoms with Gasteiger partial charge in [0.15, 0.2) is 0 Å². The average Bonchev–Trinajstić information content (AvgIpc) is 3.25. The summed E-state index contributed by atoms with van der Waals surface area (Å²) in [5, 5.41) is 10.1. The predicted molar refractivity (Wildman–Crippen MR) is 87.3 cm³/mol. The Morgan fingerprint density at radius 1 is 1.42 bits per heavy atom. The van der Waals surface area contributed by atoms with Gasteiger partial charge < -0.3 is 15.4 Å². The van der Waals surface area contributed by atoms with Crippen LogP contribution in [0, 0.1) is 11.7 Å². The van der Waals surface area contributed by atoms with Crippen molar-refractivity contribution < 1.29 is 13.9 Å². The van der Waals surface area contributed by atoms with Crippen LogP contribution in [0.1, 0.15) is 19.0 Å². The largest absolute Gasteiger partial charge is 0.381 e. The third-order valence-corrected chi connectivity index (χ3v) is 4.20. The maximum Gasteiger partial charge on any atom is 0.315 e. The summed E-state index contributed by atoms with van der Waals surface area (Å²) in [5.74, 6) is 0.0830. The van der Waals surface area contributed by atoms with Crippen LogP contribution in [0.4, 0.5) is 9.18 Å². The Labute approximate surface area is 140 Å². The van der Waals surface area contributed by atoms with E-state index in [0.717, 1.165) is 24.4 Å². The lowest BCUT2D eigenvalue weighted by Gasteiger charge is -2.19. The van der Waals surface area contributed by atoms with Gasteiger partial charge in [-0.3, -0.25) is 0 Å². The zero-order chi connectivity index (χ0) is 16.9. The molecule has 0 spiro atoms. The molecule has 2 heterocycles. The van der Waals surface area contributed by atoms with Gasteiger partial charge >= 0.3 is 6.03 Å². The molecule has 0 unspecified atom stereocenters. The van der Waals surface area contributed by atoms with Crippen LogP contribution in [-0.2, 0) is 11.3 Å². The number of halogens is 1. The standard InChI is InChI=1S/C17H21FN4O2/c1-12(13-7-9-24-11-13)20-17(23)19-10-15-6-8-22(21-15)16-4-2-14(18)3-5-16/h2-6,8,12-13H,7,9-11H2,1H3,(H2,19,20,23)/t12-,13+/m1/s1. The molecule has 7 heteroatoms. The van der Waals surface area contributed by atoms with E-state index in [1.54, 1.807) is 23.0 Å². The second-order valence-corrected chi connectivity index (χ2v) is 5.97. The summed E-state index contributed by atoms with van der Waals surface area (Å²) in [7, 11) is 0. The normalized spacial score (nSPS) is 18.3. The van der Waals surface area contributed by atoms with Gasteiger partial charge in [0.2, 0.25) is 0 Å². The molecule has 0 aliphatic carbocycles. The molecular weight excluding hydrogens is 311 g/mol. The van der Waals surface area contributed by atoms with Gasteiger partial charge in [-0.25, -0.2) is 13.9 Å². The summed E-state index contributed by atoms with van der Waals surface area (Å²) >= 11 is 0. The fourth-order valence-corrected chi connectivity index (χ4v) is 2.69. The topological polar surface area (TPSA) is 68.2 Å². The number of ether oxygens (including phenoxy) is 1. The highest BCUT2D eigenvalue weighted by atomic mass is 19.1. The third-order valence-electron chi connectivity index (χ3n) is 4.20. The molecule has 128 valence electrons. The van der Waals surface area contributed by atoms with Crippen LogP contribution in [0.5, 0.6) is 0 Å². The maximum absolute atomic E-state index is 12.9. The van der Waals surface area contributed by atoms with Crippen LogP contribution >= 0.6 is 0 Å². The molecule has 3 rings (SSSR count). The van der Waals surface area contributed by atoms with Crippen LogP contribution in [0.25, 0.3) is 5.69 Å². The number of rotatable bonds is 5. The molecule has 1 fully saturated rings. The first-order valence-corrected chi connectivity index (χ1v) is 8.04. The van der Waals surface area contributed by atoms with E-state index < -0.39 is 0 Å². The number of carbonyl (C=O) groups is 1. The Morgan fingerprint density at radius 2 is 2.21 bits per heavy atom. The van der Waals surface area contributed by atoms with Gasteiger partial charge in [-0.15, -0.1) is 0 Å². The lowest BCUT2D eigenvalue weighted by Crippen LogP contribution is -2.44. The zero-order valence-electron chi connectivity index (χ0n) is 13.5. The van der Waals surface area contributed by atoms with Crippen molar-refractivity contribution in [2.75, 3.05) is 13.2 Å². The van der Waals surface area contributed by atoms with E-state index in [1.165, 1.54) is 12.1 Å². The lowest BCUT2D eigenvalue weighted by molar-refractivity contribution is 0.178. The highest BCUT2D eigenvalue weighted by molar-refractivity contribution is 5.74. The Balaban J connectivity index is 1.49. The number of aromatic nitrogens is 2. The highest BCUT2D eigenvalue weighted by Gasteiger charge is 2.23. The number of nitrogens with one attached hydrogen (secondary N) is 2. The molecule has 1 aromatic carbocycles. The van der Waals surface area contributed by atoms with Crippen LogP contribution in [0.3, 0.4) is 0 Å². The van der Waals surface area contributed by atoms with Gasteiger partial charge in [-0.2, -0.15) is 5.10 Å². The summed E-state index contributed by atoms with van der Waals surface area (Å²) < 4.78 is 19.9. The number of urea groups is 1. The molecule has 2 amide bonds. The fourth-order valence-electron chi connectivity index (χ4n) is 2.69. The fraction of sp³-hybridized carbons (Fsp3) is 0.412. The number of hydrogen-bond donors (Lipinski definition) is 2. The zero-order valence-corrected chi connectivity index (χ0v) is 13.5. The average molecular weight is 332 g/mol. The molecule has 1 aliphatic rings. The van der Waals surface area contributed by atoms with Gasteiger partial charge in [0, 0.05) is 24.8 Å². The quantitative estimate of drug-likeness (QED) is 0.882. The minimum Gasteiger partial charge on any atom is -0.381 e. The Hall–Kier alpha value is -2.41. The molecule has 1 saturated heterocycles. The van der Waals surface area contributed by atoms with E-state index >= 15 is 0 Å². The Kier molecular flexibility index (Phi) is 5.10. The first-order chi connectivity index (χ1) is 11.6. The molecule has 0 radical (unpaired) electrons. The number of hydrogen-bond acceptors (Lipinski definition) is 3. The molecule has 6 nitrogen and oxygen atoms in total. The van der Waals surface area contributed by atoms with Crippen LogP contribution < -0.4 is 10.6 Å². The molecule has 1 aromatic heterocycles. The van der Waals surface area contributed by atoms with Crippen molar-refractivity contribution in [1.82, 2.24) is 20.4 Å². The van der Waals surface area contributed by atoms with Crippen molar-refractivity contribution >= 4 is 6.03 Å².